The van der Waals surface area contributed by atoms with Gasteiger partial charge in [0.25, 0.3) is 0 Å². The van der Waals surface area contributed by atoms with Gasteiger partial charge in [-0.15, -0.1) is 0 Å². The van der Waals surface area contributed by atoms with E-state index in [1.54, 1.807) is 25.1 Å². The van der Waals surface area contributed by atoms with Crippen molar-refractivity contribution in [2.45, 2.75) is 52.5 Å². The summed E-state index contributed by atoms with van der Waals surface area (Å²) in [5.41, 5.74) is -2.16. The van der Waals surface area contributed by atoms with Gasteiger partial charge in [-0.3, -0.25) is 4.98 Å². The van der Waals surface area contributed by atoms with Crippen LogP contribution in [0.5, 0.6) is 0 Å². The van der Waals surface area contributed by atoms with Gasteiger partial charge in [0.1, 0.15) is 18.2 Å². The van der Waals surface area contributed by atoms with Gasteiger partial charge in [-0.05, 0) is 48.0 Å². The molecule has 3 aromatic heterocycles. The van der Waals surface area contributed by atoms with Crippen LogP contribution >= 0.6 is 0 Å². The van der Waals surface area contributed by atoms with E-state index in [9.17, 15) is 0 Å². The predicted molar refractivity (Wildman–Crippen MR) is 139 cm³/mol. The molecule has 2 aromatic carbocycles. The maximum Gasteiger partial charge on any atom is 0.216 e. The third-order valence-electron chi connectivity index (χ3n) is 6.67. The van der Waals surface area contributed by atoms with Crippen molar-refractivity contribution in [3.63, 3.8) is 0 Å². The Hall–Kier alpha value is -3.46. The Morgan fingerprint density at radius 1 is 1.00 bits per heavy atom. The van der Waals surface area contributed by atoms with E-state index in [1.165, 1.54) is 36.0 Å². The van der Waals surface area contributed by atoms with Crippen LogP contribution in [0.4, 0.5) is 0 Å². The number of fused-ring (bicyclic) bond motifs is 7. The molecule has 3 heterocycles. The van der Waals surface area contributed by atoms with E-state index in [0.29, 0.717) is 21.9 Å². The lowest BCUT2D eigenvalue weighted by atomic mass is 9.82. The zero-order valence-electron chi connectivity index (χ0n) is 34.5. The van der Waals surface area contributed by atoms with E-state index in [1.807, 2.05) is 0 Å². The highest BCUT2D eigenvalue weighted by Gasteiger charge is 2.38. The van der Waals surface area contributed by atoms with Gasteiger partial charge in [0, 0.05) is 61.5 Å². The third kappa shape index (κ3) is 2.70. The molecule has 0 amide bonds. The normalized spacial score (nSPS) is 23.4. The van der Waals surface area contributed by atoms with Crippen LogP contribution in [0.3, 0.4) is 0 Å². The highest BCUT2D eigenvalue weighted by molar-refractivity contribution is 6.14. The lowest BCUT2D eigenvalue weighted by Crippen LogP contribution is -2.32. The summed E-state index contributed by atoms with van der Waals surface area (Å²) in [6, 6.07) is 10.5. The summed E-state index contributed by atoms with van der Waals surface area (Å²) in [6.07, 6.45) is 2.52. The van der Waals surface area contributed by atoms with Crippen LogP contribution in [-0.4, -0.2) is 4.98 Å². The number of rotatable bonds is 2. The van der Waals surface area contributed by atoms with Crippen LogP contribution in [0.2, 0.25) is 0 Å². The van der Waals surface area contributed by atoms with E-state index >= 15 is 0 Å². The molecule has 170 valence electrons. The molecule has 3 heteroatoms. The van der Waals surface area contributed by atoms with Gasteiger partial charge in [0.05, 0.1) is 11.3 Å². The summed E-state index contributed by atoms with van der Waals surface area (Å²) in [5.74, 6) is -3.34. The quantitative estimate of drug-likeness (QED) is 0.253. The van der Waals surface area contributed by atoms with Gasteiger partial charge in [0.2, 0.25) is 5.69 Å². The number of aryl methyl sites for hydroxylation is 3. The number of hydrogen-bond donors (Lipinski definition) is 0. The molecule has 34 heavy (non-hydrogen) atoms. The Morgan fingerprint density at radius 2 is 1.79 bits per heavy atom. The Balaban J connectivity index is 1.76. The van der Waals surface area contributed by atoms with Crippen LogP contribution < -0.4 is 4.57 Å². The molecule has 5 aromatic rings. The summed E-state index contributed by atoms with van der Waals surface area (Å²) in [6.45, 7) is -14.3. The Morgan fingerprint density at radius 3 is 2.56 bits per heavy atom. The monoisotopic (exact) mass is 463 g/mol. The number of hydrogen-bond acceptors (Lipinski definition) is 2. The molecule has 0 radical (unpaired) electrons. The van der Waals surface area contributed by atoms with Gasteiger partial charge < -0.3 is 4.42 Å². The first-order valence-corrected chi connectivity index (χ1v) is 10.7. The fourth-order valence-corrected chi connectivity index (χ4v) is 5.02. The molecule has 6 rings (SSSR count). The lowest BCUT2D eigenvalue weighted by molar-refractivity contribution is -0.660. The first-order chi connectivity index (χ1) is 22.7. The second-order valence-electron chi connectivity index (χ2n) is 8.72. The minimum absolute atomic E-state index is 0.00299. The van der Waals surface area contributed by atoms with Gasteiger partial charge in [0.15, 0.2) is 6.20 Å². The minimum atomic E-state index is -3.48. The van der Waals surface area contributed by atoms with Crippen molar-refractivity contribution in [2.75, 3.05) is 0 Å². The second-order valence-corrected chi connectivity index (χ2v) is 8.72. The fourth-order valence-electron chi connectivity index (χ4n) is 5.02. The van der Waals surface area contributed by atoms with Crippen molar-refractivity contribution < 1.29 is 30.9 Å². The number of furan rings is 1. The molecule has 0 N–H and O–H groups in total. The van der Waals surface area contributed by atoms with Crippen molar-refractivity contribution in [3.8, 4) is 22.5 Å². The zero-order valence-corrected chi connectivity index (χ0v) is 18.5. The van der Waals surface area contributed by atoms with Crippen molar-refractivity contribution in [1.29, 1.82) is 0 Å². The Labute approximate surface area is 223 Å². The molecule has 1 aliphatic rings. The number of benzene rings is 2. The first-order valence-electron chi connectivity index (χ1n) is 18.7. The molecule has 3 nitrogen and oxygen atoms in total. The molecule has 0 aliphatic heterocycles. The van der Waals surface area contributed by atoms with Gasteiger partial charge in [-0.2, -0.15) is 0 Å². The third-order valence-corrected chi connectivity index (χ3v) is 6.67. The Kier molecular flexibility index (Phi) is 2.07. The van der Waals surface area contributed by atoms with E-state index < -0.39 is 56.7 Å². The Bertz CT molecular complexity index is 2170. The molecule has 0 fully saturated rings. The lowest BCUT2D eigenvalue weighted by Gasteiger charge is -2.20. The molecule has 0 spiro atoms. The maximum atomic E-state index is 8.90. The van der Waals surface area contributed by atoms with E-state index in [-0.39, 0.29) is 39.2 Å². The number of nitrogens with zero attached hydrogens (tertiary/aromatic N) is 2. The second kappa shape index (κ2) is 7.02. The predicted octanol–water partition coefficient (Wildman–Crippen LogP) is 7.52. The van der Waals surface area contributed by atoms with Crippen molar-refractivity contribution in [2.24, 2.45) is 7.05 Å². The summed E-state index contributed by atoms with van der Waals surface area (Å²) >= 11 is 0. The number of aromatic nitrogens is 2. The summed E-state index contributed by atoms with van der Waals surface area (Å²) in [5, 5.41) is 0.969. The van der Waals surface area contributed by atoms with Gasteiger partial charge in [-0.1, -0.05) is 57.7 Å². The van der Waals surface area contributed by atoms with Crippen LogP contribution in [0.1, 0.15) is 83.1 Å². The molecule has 0 unspecified atom stereocenters. The van der Waals surface area contributed by atoms with E-state index in [2.05, 4.69) is 4.98 Å². The average Bonchev–Trinajstić information content (AvgIpc) is 3.48. The summed E-state index contributed by atoms with van der Waals surface area (Å²) in [7, 11) is 1.49. The van der Waals surface area contributed by atoms with Crippen LogP contribution in [-0.2, 0) is 12.5 Å². The molecule has 1 aliphatic carbocycles. The van der Waals surface area contributed by atoms with Crippen molar-refractivity contribution in [3.05, 3.63) is 82.7 Å². The SMILES string of the molecule is [2H]C([2H])([2H])c1c[n+](C)c(-c2c(C)ccc3c2oc2c4c(ccc23)C(C([2H])([2H])[2H])(C([2H])([2H])[2H])c2cccnc2-4)cc1C([2H])(C([2H])([2H])[2H])C([2H])([2H])[2H]. The average molecular weight is 464 g/mol. The van der Waals surface area contributed by atoms with Crippen molar-refractivity contribution >= 4 is 21.9 Å². The van der Waals surface area contributed by atoms with Crippen LogP contribution in [0.25, 0.3) is 44.5 Å². The molecule has 0 saturated carbocycles. The summed E-state index contributed by atoms with van der Waals surface area (Å²) < 4.78 is 141. The van der Waals surface area contributed by atoms with Crippen LogP contribution in [0, 0.1) is 13.8 Å². The molecule has 0 saturated heterocycles. The highest BCUT2D eigenvalue weighted by Crippen LogP contribution is 2.52. The van der Waals surface area contributed by atoms with Gasteiger partial charge in [-0.25, -0.2) is 4.57 Å². The van der Waals surface area contributed by atoms with E-state index in [0.717, 1.165) is 12.3 Å². The number of pyridine rings is 2. The topological polar surface area (TPSA) is 29.9 Å². The summed E-state index contributed by atoms with van der Waals surface area (Å²) in [4.78, 5) is 4.43. The minimum Gasteiger partial charge on any atom is -0.454 e. The zero-order chi connectivity index (χ0) is 37.4. The van der Waals surface area contributed by atoms with Gasteiger partial charge >= 0.3 is 0 Å². The standard InChI is InChI=1S/C31H31N2O/c1-17(2)22-15-25(33(7)16-19(22)4)26-18(3)10-11-20-21-12-13-23-27(30(21)34-29(20)26)28-24(31(23,5)6)9-8-14-32-28/h8-17H,1-7H3/q+1/i1D3,2D3,4D3,5D3,6D3,17D. The molecule has 0 bridgehead atoms. The van der Waals surface area contributed by atoms with Crippen LogP contribution in [0.15, 0.2) is 59.3 Å². The molecular weight excluding hydrogens is 416 g/mol. The highest BCUT2D eigenvalue weighted by atomic mass is 16.3. The maximum absolute atomic E-state index is 8.90. The molecular formula is C31H31N2O+. The largest absolute Gasteiger partial charge is 0.454 e. The fraction of sp³-hybridized carbons (Fsp3) is 0.290. The smallest absolute Gasteiger partial charge is 0.216 e. The van der Waals surface area contributed by atoms with E-state index in [4.69, 9.17) is 26.3 Å². The van der Waals surface area contributed by atoms with Crippen molar-refractivity contribution in [1.82, 2.24) is 4.98 Å². The first kappa shape index (κ1) is 10.0. The molecule has 0 atom stereocenters.